The molecular formula is C18H13ClN2OS. The number of hydrogen-bond acceptors (Lipinski definition) is 4. The molecule has 2 heterocycles. The molecule has 0 spiro atoms. The highest BCUT2D eigenvalue weighted by molar-refractivity contribution is 8.04. The van der Waals surface area contributed by atoms with Gasteiger partial charge in [-0.05, 0) is 35.9 Å². The molecule has 0 aliphatic carbocycles. The molecule has 2 aromatic rings. The minimum atomic E-state index is 0.102. The Morgan fingerprint density at radius 2 is 1.91 bits per heavy atom. The minimum Gasteiger partial charge on any atom is -0.288 e. The van der Waals surface area contributed by atoms with Gasteiger partial charge in [0.05, 0.1) is 10.6 Å². The average Bonchev–Trinajstić information content (AvgIpc) is 3.13. The quantitative estimate of drug-likeness (QED) is 0.738. The fourth-order valence-corrected chi connectivity index (χ4v) is 3.87. The molecule has 3 nitrogen and oxygen atoms in total. The van der Waals surface area contributed by atoms with Crippen LogP contribution in [0.2, 0.25) is 0 Å². The Bertz CT molecular complexity index is 842. The second kappa shape index (κ2) is 5.87. The number of carbonyl (C=O) groups excluding carboxylic acids is 1. The van der Waals surface area contributed by atoms with Gasteiger partial charge < -0.3 is 0 Å². The minimum absolute atomic E-state index is 0.102. The number of hydrogen-bond donors (Lipinski definition) is 0. The Hall–Kier alpha value is -2.04. The third-order valence-electron chi connectivity index (χ3n) is 3.82. The van der Waals surface area contributed by atoms with E-state index >= 15 is 0 Å². The first-order valence-corrected chi connectivity index (χ1v) is 8.54. The van der Waals surface area contributed by atoms with Crippen molar-refractivity contribution >= 4 is 46.1 Å². The van der Waals surface area contributed by atoms with E-state index in [4.69, 9.17) is 11.6 Å². The zero-order chi connectivity index (χ0) is 15.8. The molecule has 0 amide bonds. The third-order valence-corrected chi connectivity index (χ3v) is 5.19. The molecule has 0 bridgehead atoms. The van der Waals surface area contributed by atoms with Gasteiger partial charge in [-0.2, -0.15) is 5.10 Å². The van der Waals surface area contributed by atoms with Gasteiger partial charge in [-0.25, -0.2) is 0 Å². The number of hydrazone groups is 1. The van der Waals surface area contributed by atoms with Gasteiger partial charge in [-0.1, -0.05) is 47.6 Å². The van der Waals surface area contributed by atoms with Gasteiger partial charge >= 0.3 is 0 Å². The van der Waals surface area contributed by atoms with Crippen molar-refractivity contribution in [3.8, 4) is 0 Å². The molecule has 0 N–H and O–H groups in total. The fraction of sp³-hybridized carbons (Fsp3) is 0.111. The van der Waals surface area contributed by atoms with E-state index in [2.05, 4.69) is 5.10 Å². The van der Waals surface area contributed by atoms with Gasteiger partial charge in [0, 0.05) is 23.4 Å². The lowest BCUT2D eigenvalue weighted by molar-refractivity contribution is 0.104. The smallest absolute Gasteiger partial charge is 0.200 e. The molecule has 0 saturated heterocycles. The summed E-state index contributed by atoms with van der Waals surface area (Å²) >= 11 is 7.45. The van der Waals surface area contributed by atoms with Crippen molar-refractivity contribution in [1.29, 1.82) is 0 Å². The van der Waals surface area contributed by atoms with Gasteiger partial charge in [0.15, 0.2) is 0 Å². The molecule has 0 saturated carbocycles. The molecule has 0 atom stereocenters. The summed E-state index contributed by atoms with van der Waals surface area (Å²) in [6, 6.07) is 15.7. The van der Waals surface area contributed by atoms with Crippen LogP contribution in [0.3, 0.4) is 0 Å². The van der Waals surface area contributed by atoms with Crippen LogP contribution in [0, 0.1) is 0 Å². The van der Waals surface area contributed by atoms with Crippen LogP contribution in [0.1, 0.15) is 22.3 Å². The number of halogens is 1. The van der Waals surface area contributed by atoms with Gasteiger partial charge in [-0.15, -0.1) is 0 Å². The maximum Gasteiger partial charge on any atom is 0.200 e. The Morgan fingerprint density at radius 1 is 1.13 bits per heavy atom. The van der Waals surface area contributed by atoms with Gasteiger partial charge in [0.25, 0.3) is 0 Å². The molecule has 0 unspecified atom stereocenters. The SMILES string of the molecule is O=C1C(=Cc2ccc(N3CCC(Cl)=N3)cc2)Sc2ccccc21. The summed E-state index contributed by atoms with van der Waals surface area (Å²) in [4.78, 5) is 14.2. The van der Waals surface area contributed by atoms with Crippen LogP contribution in [-0.4, -0.2) is 17.5 Å². The molecule has 5 heteroatoms. The van der Waals surface area contributed by atoms with E-state index in [9.17, 15) is 4.79 Å². The van der Waals surface area contributed by atoms with Crippen LogP contribution < -0.4 is 5.01 Å². The lowest BCUT2D eigenvalue weighted by Crippen LogP contribution is -2.11. The number of thioether (sulfide) groups is 1. The highest BCUT2D eigenvalue weighted by Crippen LogP contribution is 2.40. The molecule has 4 rings (SSSR count). The lowest BCUT2D eigenvalue weighted by Gasteiger charge is -2.13. The summed E-state index contributed by atoms with van der Waals surface area (Å²) in [6.45, 7) is 0.808. The molecular weight excluding hydrogens is 328 g/mol. The van der Waals surface area contributed by atoms with Crippen molar-refractivity contribution in [3.05, 3.63) is 64.6 Å². The van der Waals surface area contributed by atoms with E-state index in [1.807, 2.05) is 59.6 Å². The van der Waals surface area contributed by atoms with Crippen LogP contribution >= 0.6 is 23.4 Å². The molecule has 2 aliphatic heterocycles. The maximum absolute atomic E-state index is 12.4. The summed E-state index contributed by atoms with van der Waals surface area (Å²) in [5, 5.41) is 6.81. The number of rotatable bonds is 2. The highest BCUT2D eigenvalue weighted by atomic mass is 35.5. The van der Waals surface area contributed by atoms with E-state index in [0.717, 1.165) is 39.6 Å². The van der Waals surface area contributed by atoms with Gasteiger partial charge in [0.1, 0.15) is 5.17 Å². The number of Topliss-reactive ketones (excluding diaryl/α,β-unsaturated/α-hetero) is 1. The Balaban J connectivity index is 1.57. The van der Waals surface area contributed by atoms with E-state index in [0.29, 0.717) is 5.17 Å². The third kappa shape index (κ3) is 2.80. The number of allylic oxidation sites excluding steroid dienone is 1. The summed E-state index contributed by atoms with van der Waals surface area (Å²) in [5.74, 6) is 0.102. The zero-order valence-electron chi connectivity index (χ0n) is 12.2. The number of nitrogens with zero attached hydrogens (tertiary/aromatic N) is 2. The van der Waals surface area contributed by atoms with E-state index in [1.54, 1.807) is 0 Å². The van der Waals surface area contributed by atoms with Crippen molar-refractivity contribution in [3.63, 3.8) is 0 Å². The predicted molar refractivity (Wildman–Crippen MR) is 96.3 cm³/mol. The van der Waals surface area contributed by atoms with Crippen molar-refractivity contribution in [2.24, 2.45) is 5.10 Å². The monoisotopic (exact) mass is 340 g/mol. The zero-order valence-corrected chi connectivity index (χ0v) is 13.8. The van der Waals surface area contributed by atoms with Crippen molar-refractivity contribution in [1.82, 2.24) is 0 Å². The first kappa shape index (κ1) is 14.5. The summed E-state index contributed by atoms with van der Waals surface area (Å²) in [5.41, 5.74) is 2.81. The van der Waals surface area contributed by atoms with Crippen LogP contribution in [0.4, 0.5) is 5.69 Å². The maximum atomic E-state index is 12.4. The second-order valence-electron chi connectivity index (χ2n) is 5.38. The van der Waals surface area contributed by atoms with E-state index < -0.39 is 0 Å². The number of ketones is 1. The Kier molecular flexibility index (Phi) is 3.71. The van der Waals surface area contributed by atoms with E-state index in [-0.39, 0.29) is 5.78 Å². The van der Waals surface area contributed by atoms with Crippen molar-refractivity contribution in [2.75, 3.05) is 11.6 Å². The number of benzene rings is 2. The van der Waals surface area contributed by atoms with Gasteiger partial charge in [0.2, 0.25) is 5.78 Å². The molecule has 2 aliphatic rings. The van der Waals surface area contributed by atoms with Crippen LogP contribution in [0.15, 0.2) is 63.4 Å². The van der Waals surface area contributed by atoms with Crippen molar-refractivity contribution < 1.29 is 4.79 Å². The van der Waals surface area contributed by atoms with Crippen molar-refractivity contribution in [2.45, 2.75) is 11.3 Å². The van der Waals surface area contributed by atoms with E-state index in [1.165, 1.54) is 11.8 Å². The first-order valence-electron chi connectivity index (χ1n) is 7.34. The van der Waals surface area contributed by atoms with Crippen LogP contribution in [-0.2, 0) is 0 Å². The largest absolute Gasteiger partial charge is 0.288 e. The Labute approximate surface area is 143 Å². The lowest BCUT2D eigenvalue weighted by atomic mass is 10.1. The van der Waals surface area contributed by atoms with Crippen LogP contribution in [0.25, 0.3) is 6.08 Å². The standard InChI is InChI=1S/C18H13ClN2OS/c19-17-9-10-21(20-17)13-7-5-12(6-8-13)11-16-18(22)14-3-1-2-4-15(14)23-16/h1-8,11H,9-10H2. The van der Waals surface area contributed by atoms with Crippen LogP contribution in [0.5, 0.6) is 0 Å². The number of anilines is 1. The Morgan fingerprint density at radius 3 is 2.61 bits per heavy atom. The number of carbonyl (C=O) groups is 1. The predicted octanol–water partition coefficient (Wildman–Crippen LogP) is 4.78. The molecule has 2 aromatic carbocycles. The fourth-order valence-electron chi connectivity index (χ4n) is 2.65. The normalized spacial score (nSPS) is 18.5. The molecule has 114 valence electrons. The first-order chi connectivity index (χ1) is 11.2. The topological polar surface area (TPSA) is 32.7 Å². The molecule has 0 fully saturated rings. The second-order valence-corrected chi connectivity index (χ2v) is 6.90. The molecule has 0 aromatic heterocycles. The van der Waals surface area contributed by atoms with Gasteiger partial charge in [-0.3, -0.25) is 9.80 Å². The summed E-state index contributed by atoms with van der Waals surface area (Å²) < 4.78 is 0. The number of fused-ring (bicyclic) bond motifs is 1. The highest BCUT2D eigenvalue weighted by Gasteiger charge is 2.25. The molecule has 0 radical (unpaired) electrons. The summed E-state index contributed by atoms with van der Waals surface area (Å²) in [7, 11) is 0. The molecule has 23 heavy (non-hydrogen) atoms. The average molecular weight is 341 g/mol. The summed E-state index contributed by atoms with van der Waals surface area (Å²) in [6.07, 6.45) is 2.73.